The minimum Gasteiger partial charge on any atom is -0.353 e. The van der Waals surface area contributed by atoms with E-state index in [1.165, 1.54) is 23.2 Å². The second-order valence-corrected chi connectivity index (χ2v) is 5.94. The Morgan fingerprint density at radius 2 is 1.88 bits per heavy atom. The third-order valence-electron chi connectivity index (χ3n) is 4.22. The lowest BCUT2D eigenvalue weighted by molar-refractivity contribution is -0.123. The molecule has 0 aliphatic carbocycles. The molecule has 1 fully saturated rings. The molecule has 1 N–H and O–H groups in total. The third kappa shape index (κ3) is 2.85. The summed E-state index contributed by atoms with van der Waals surface area (Å²) in [6.07, 6.45) is 5.08. The lowest BCUT2D eigenvalue weighted by atomic mass is 10.2. The van der Waals surface area contributed by atoms with Crippen molar-refractivity contribution in [1.82, 2.24) is 24.6 Å². The van der Waals surface area contributed by atoms with E-state index in [-0.39, 0.29) is 24.2 Å². The first kappa shape index (κ1) is 16.1. The molecule has 1 aliphatic rings. The van der Waals surface area contributed by atoms with Crippen molar-refractivity contribution in [2.45, 2.75) is 0 Å². The van der Waals surface area contributed by atoms with Crippen LogP contribution in [0.5, 0.6) is 0 Å². The van der Waals surface area contributed by atoms with Gasteiger partial charge in [-0.3, -0.25) is 9.59 Å². The number of hydrogen-bond acceptors (Lipinski definition) is 3. The summed E-state index contributed by atoms with van der Waals surface area (Å²) in [5, 5.41) is 7.03. The van der Waals surface area contributed by atoms with E-state index in [4.69, 9.17) is 0 Å². The van der Waals surface area contributed by atoms with Crippen molar-refractivity contribution >= 4 is 11.8 Å². The molecule has 2 aromatic heterocycles. The monoisotopic (exact) mass is 353 g/mol. The zero-order chi connectivity index (χ0) is 18.1. The number of amides is 2. The second kappa shape index (κ2) is 6.47. The Hall–Kier alpha value is -3.42. The van der Waals surface area contributed by atoms with E-state index in [2.05, 4.69) is 10.4 Å². The van der Waals surface area contributed by atoms with Gasteiger partial charge in [-0.15, -0.1) is 0 Å². The first-order valence-electron chi connectivity index (χ1n) is 8.17. The average molecular weight is 353 g/mol. The van der Waals surface area contributed by atoms with Gasteiger partial charge in [-0.2, -0.15) is 5.10 Å². The normalized spacial score (nSPS) is 14.3. The number of carbonyl (C=O) groups excluding carboxylic acids is 2. The maximum absolute atomic E-state index is 13.3. The van der Waals surface area contributed by atoms with E-state index in [9.17, 15) is 14.0 Å². The number of nitrogens with zero attached hydrogens (tertiary/aromatic N) is 4. The van der Waals surface area contributed by atoms with E-state index in [1.807, 2.05) is 12.1 Å². The summed E-state index contributed by atoms with van der Waals surface area (Å²) in [5.74, 6) is -0.258. The first-order chi connectivity index (χ1) is 12.6. The number of nitrogens with one attached hydrogen (secondary N) is 1. The van der Waals surface area contributed by atoms with Crippen LogP contribution in [0.15, 0.2) is 55.0 Å². The molecule has 3 aromatic rings. The number of hydrogen-bond donors (Lipinski definition) is 1. The van der Waals surface area contributed by atoms with Crippen molar-refractivity contribution in [3.63, 3.8) is 0 Å². The van der Waals surface area contributed by atoms with E-state index < -0.39 is 0 Å². The van der Waals surface area contributed by atoms with Gasteiger partial charge in [0.05, 0.1) is 18.4 Å². The number of piperazine rings is 1. The molecule has 26 heavy (non-hydrogen) atoms. The summed E-state index contributed by atoms with van der Waals surface area (Å²) < 4.78 is 16.6. The molecule has 0 atom stereocenters. The molecule has 7 nitrogen and oxygen atoms in total. The van der Waals surface area contributed by atoms with Crippen molar-refractivity contribution < 1.29 is 14.0 Å². The highest BCUT2D eigenvalue weighted by atomic mass is 19.1. The van der Waals surface area contributed by atoms with Crippen molar-refractivity contribution in [3.05, 3.63) is 66.4 Å². The van der Waals surface area contributed by atoms with Crippen molar-refractivity contribution in [2.75, 3.05) is 19.6 Å². The zero-order valence-corrected chi connectivity index (χ0v) is 13.8. The maximum Gasteiger partial charge on any atom is 0.259 e. The van der Waals surface area contributed by atoms with Crippen LogP contribution in [0.4, 0.5) is 4.39 Å². The number of benzene rings is 1. The standard InChI is InChI=1S/C18H16FN5O2/c19-13-3-5-14(6-4-13)24-17(22-8-1-2-9-22)15(11-21-24)18(26)23-10-7-20-16(25)12-23/h1-6,8-9,11H,7,10,12H2,(H,20,25). The van der Waals surface area contributed by atoms with Gasteiger partial charge in [-0.25, -0.2) is 9.07 Å². The minimum atomic E-state index is -0.348. The molecular formula is C18H16FN5O2. The molecule has 1 aromatic carbocycles. The van der Waals surface area contributed by atoms with Crippen LogP contribution < -0.4 is 5.32 Å². The Balaban J connectivity index is 1.79. The molecule has 2 amide bonds. The Kier molecular flexibility index (Phi) is 4.00. The van der Waals surface area contributed by atoms with Gasteiger partial charge < -0.3 is 14.8 Å². The Labute approximate surface area is 148 Å². The molecule has 1 saturated heterocycles. The van der Waals surface area contributed by atoms with Gasteiger partial charge in [0.25, 0.3) is 5.91 Å². The fourth-order valence-corrected chi connectivity index (χ4v) is 2.97. The van der Waals surface area contributed by atoms with Crippen LogP contribution in [0.3, 0.4) is 0 Å². The Morgan fingerprint density at radius 1 is 1.15 bits per heavy atom. The van der Waals surface area contributed by atoms with Crippen LogP contribution in [-0.2, 0) is 4.79 Å². The summed E-state index contributed by atoms with van der Waals surface area (Å²) in [4.78, 5) is 26.1. The highest BCUT2D eigenvalue weighted by Crippen LogP contribution is 2.21. The van der Waals surface area contributed by atoms with Crippen LogP contribution in [0.25, 0.3) is 11.5 Å². The molecule has 0 saturated carbocycles. The number of rotatable bonds is 3. The number of halogens is 1. The smallest absolute Gasteiger partial charge is 0.259 e. The summed E-state index contributed by atoms with van der Waals surface area (Å²) in [7, 11) is 0. The highest BCUT2D eigenvalue weighted by molar-refractivity contribution is 5.99. The Morgan fingerprint density at radius 3 is 2.58 bits per heavy atom. The maximum atomic E-state index is 13.3. The topological polar surface area (TPSA) is 72.2 Å². The van der Waals surface area contributed by atoms with Crippen molar-refractivity contribution in [1.29, 1.82) is 0 Å². The summed E-state index contributed by atoms with van der Waals surface area (Å²) >= 11 is 0. The van der Waals surface area contributed by atoms with Gasteiger partial charge in [-0.05, 0) is 36.4 Å². The highest BCUT2D eigenvalue weighted by Gasteiger charge is 2.27. The molecule has 4 rings (SSSR count). The predicted octanol–water partition coefficient (Wildman–Crippen LogP) is 1.37. The molecule has 0 spiro atoms. The lowest BCUT2D eigenvalue weighted by Crippen LogP contribution is -2.50. The molecule has 0 bridgehead atoms. The molecule has 132 valence electrons. The van der Waals surface area contributed by atoms with Crippen LogP contribution in [-0.4, -0.2) is 50.7 Å². The quantitative estimate of drug-likeness (QED) is 0.773. The van der Waals surface area contributed by atoms with E-state index in [1.54, 1.807) is 33.8 Å². The van der Waals surface area contributed by atoms with Gasteiger partial charge in [0.15, 0.2) is 5.82 Å². The molecule has 3 heterocycles. The second-order valence-electron chi connectivity index (χ2n) is 5.94. The van der Waals surface area contributed by atoms with Gasteiger partial charge in [0.1, 0.15) is 11.4 Å². The van der Waals surface area contributed by atoms with Gasteiger partial charge in [0.2, 0.25) is 5.91 Å². The van der Waals surface area contributed by atoms with Crippen LogP contribution in [0.1, 0.15) is 10.4 Å². The van der Waals surface area contributed by atoms with Crippen molar-refractivity contribution in [3.8, 4) is 11.5 Å². The van der Waals surface area contributed by atoms with E-state index >= 15 is 0 Å². The van der Waals surface area contributed by atoms with Gasteiger partial charge in [0, 0.05) is 25.5 Å². The Bertz CT molecular complexity index is 947. The van der Waals surface area contributed by atoms with Crippen LogP contribution >= 0.6 is 0 Å². The average Bonchev–Trinajstić information content (AvgIpc) is 3.31. The van der Waals surface area contributed by atoms with Gasteiger partial charge in [-0.1, -0.05) is 0 Å². The van der Waals surface area contributed by atoms with E-state index in [0.29, 0.717) is 30.2 Å². The zero-order valence-electron chi connectivity index (χ0n) is 13.8. The summed E-state index contributed by atoms with van der Waals surface area (Å²) in [6, 6.07) is 9.55. The number of aromatic nitrogens is 3. The van der Waals surface area contributed by atoms with Crippen LogP contribution in [0.2, 0.25) is 0 Å². The van der Waals surface area contributed by atoms with Crippen molar-refractivity contribution in [2.24, 2.45) is 0 Å². The predicted molar refractivity (Wildman–Crippen MR) is 91.8 cm³/mol. The molecule has 0 unspecified atom stereocenters. The fraction of sp³-hybridized carbons (Fsp3) is 0.167. The number of carbonyl (C=O) groups is 2. The molecule has 1 aliphatic heterocycles. The first-order valence-corrected chi connectivity index (χ1v) is 8.17. The molecular weight excluding hydrogens is 337 g/mol. The summed E-state index contributed by atoms with van der Waals surface area (Å²) in [5.41, 5.74) is 1.01. The third-order valence-corrected chi connectivity index (χ3v) is 4.22. The summed E-state index contributed by atoms with van der Waals surface area (Å²) in [6.45, 7) is 0.888. The molecule has 0 radical (unpaired) electrons. The minimum absolute atomic E-state index is 0.0195. The largest absolute Gasteiger partial charge is 0.353 e. The van der Waals surface area contributed by atoms with Crippen LogP contribution in [0, 0.1) is 5.82 Å². The fourth-order valence-electron chi connectivity index (χ4n) is 2.97. The SMILES string of the molecule is O=C1CN(C(=O)c2cnn(-c3ccc(F)cc3)c2-n2cccc2)CCN1. The molecule has 8 heteroatoms. The van der Waals surface area contributed by atoms with E-state index in [0.717, 1.165) is 0 Å². The van der Waals surface area contributed by atoms with Gasteiger partial charge >= 0.3 is 0 Å². The lowest BCUT2D eigenvalue weighted by Gasteiger charge is -2.26.